The molecular formula is C20H44B2N4. The zero-order valence-corrected chi connectivity index (χ0v) is 18.3. The fourth-order valence-electron chi connectivity index (χ4n) is 5.06. The summed E-state index contributed by atoms with van der Waals surface area (Å²) in [5, 5.41) is 0. The van der Waals surface area contributed by atoms with E-state index >= 15 is 0 Å². The summed E-state index contributed by atoms with van der Waals surface area (Å²) in [5.41, 5.74) is 0. The second kappa shape index (κ2) is 12.4. The molecule has 2 fully saturated rings. The Kier molecular flexibility index (Phi) is 10.6. The smallest absolute Gasteiger partial charge is 0.310 e. The molecule has 2 heterocycles. The standard InChI is InChI=1S/C20H44B2N4/c1-5-12-21-23(8-4)17-18-25(21)15-10-9-11-16-26-20-19-24(14-7-3)22(26)13-6-2/h5-20H2,1-4H3. The third-order valence-corrected chi connectivity index (χ3v) is 6.44. The first-order valence-electron chi connectivity index (χ1n) is 11.7. The Labute approximate surface area is 164 Å². The maximum absolute atomic E-state index is 2.77. The Morgan fingerprint density at radius 3 is 1.46 bits per heavy atom. The molecule has 0 saturated carbocycles. The lowest BCUT2D eigenvalue weighted by Gasteiger charge is -2.27. The minimum Gasteiger partial charge on any atom is -0.327 e. The molecule has 0 aromatic carbocycles. The van der Waals surface area contributed by atoms with Crippen molar-refractivity contribution in [3.8, 4) is 0 Å². The van der Waals surface area contributed by atoms with Crippen molar-refractivity contribution in [2.24, 2.45) is 0 Å². The topological polar surface area (TPSA) is 13.0 Å². The largest absolute Gasteiger partial charge is 0.327 e. The van der Waals surface area contributed by atoms with E-state index in [1.807, 2.05) is 0 Å². The highest BCUT2D eigenvalue weighted by Crippen LogP contribution is 2.19. The summed E-state index contributed by atoms with van der Waals surface area (Å²) in [7, 11) is 0. The first-order valence-corrected chi connectivity index (χ1v) is 11.7. The van der Waals surface area contributed by atoms with Crippen molar-refractivity contribution in [2.75, 3.05) is 52.4 Å². The van der Waals surface area contributed by atoms with Crippen molar-refractivity contribution in [1.82, 2.24) is 19.2 Å². The molecule has 0 amide bonds. The third kappa shape index (κ3) is 6.25. The van der Waals surface area contributed by atoms with Gasteiger partial charge in [-0.15, -0.1) is 0 Å². The number of hydrogen-bond acceptors (Lipinski definition) is 4. The minimum atomic E-state index is 0.722. The van der Waals surface area contributed by atoms with Crippen LogP contribution >= 0.6 is 0 Å². The Balaban J connectivity index is 1.65. The van der Waals surface area contributed by atoms with Crippen LogP contribution in [0, 0.1) is 0 Å². The number of unbranched alkanes of at least 4 members (excludes halogenated alkanes) is 2. The molecule has 0 aromatic heterocycles. The van der Waals surface area contributed by atoms with E-state index in [-0.39, 0.29) is 0 Å². The summed E-state index contributed by atoms with van der Waals surface area (Å²) in [5.74, 6) is 0. The zero-order chi connectivity index (χ0) is 18.8. The van der Waals surface area contributed by atoms with Crippen LogP contribution in [0.3, 0.4) is 0 Å². The van der Waals surface area contributed by atoms with Crippen LogP contribution in [0.1, 0.15) is 66.2 Å². The first-order chi connectivity index (χ1) is 12.7. The summed E-state index contributed by atoms with van der Waals surface area (Å²) in [6, 6.07) is 0. The van der Waals surface area contributed by atoms with Crippen LogP contribution < -0.4 is 0 Å². The first kappa shape index (κ1) is 22.3. The fourth-order valence-corrected chi connectivity index (χ4v) is 5.06. The molecule has 150 valence electrons. The van der Waals surface area contributed by atoms with Gasteiger partial charge >= 0.3 is 14.0 Å². The van der Waals surface area contributed by atoms with Crippen LogP contribution in [0.25, 0.3) is 0 Å². The van der Waals surface area contributed by atoms with Gasteiger partial charge in [-0.2, -0.15) is 0 Å². The predicted octanol–water partition coefficient (Wildman–Crippen LogP) is 3.62. The highest BCUT2D eigenvalue weighted by molar-refractivity contribution is 6.53. The number of hydrogen-bond donors (Lipinski definition) is 0. The molecule has 2 aliphatic rings. The Hall–Kier alpha value is -0.0301. The molecule has 0 radical (unpaired) electrons. The van der Waals surface area contributed by atoms with Gasteiger partial charge in [-0.05, 0) is 58.1 Å². The molecule has 0 unspecified atom stereocenters. The lowest BCUT2D eigenvalue weighted by Crippen LogP contribution is -2.44. The highest BCUT2D eigenvalue weighted by atomic mass is 15.3. The minimum absolute atomic E-state index is 0.722. The van der Waals surface area contributed by atoms with Gasteiger partial charge in [0, 0.05) is 26.2 Å². The Morgan fingerprint density at radius 1 is 0.538 bits per heavy atom. The average molecular weight is 362 g/mol. The van der Waals surface area contributed by atoms with Crippen LogP contribution in [0.15, 0.2) is 0 Å². The molecule has 0 spiro atoms. The molecule has 4 nitrogen and oxygen atoms in total. The summed E-state index contributed by atoms with van der Waals surface area (Å²) < 4.78 is 0. The van der Waals surface area contributed by atoms with E-state index < -0.39 is 0 Å². The van der Waals surface area contributed by atoms with Gasteiger partial charge in [0.05, 0.1) is 0 Å². The van der Waals surface area contributed by atoms with E-state index in [0.29, 0.717) is 0 Å². The molecule has 2 rings (SSSR count). The molecule has 0 N–H and O–H groups in total. The lowest BCUT2D eigenvalue weighted by atomic mass is 9.68. The summed E-state index contributed by atoms with van der Waals surface area (Å²) >= 11 is 0. The second-order valence-electron chi connectivity index (χ2n) is 8.34. The summed E-state index contributed by atoms with van der Waals surface area (Å²) in [6.07, 6.45) is 10.7. The van der Waals surface area contributed by atoms with Gasteiger partial charge < -0.3 is 19.2 Å². The van der Waals surface area contributed by atoms with E-state index in [1.165, 1.54) is 104 Å². The van der Waals surface area contributed by atoms with Crippen molar-refractivity contribution in [3.63, 3.8) is 0 Å². The van der Waals surface area contributed by atoms with Crippen molar-refractivity contribution in [2.45, 2.75) is 78.9 Å². The van der Waals surface area contributed by atoms with Crippen LogP contribution in [0.2, 0.25) is 12.6 Å². The second-order valence-corrected chi connectivity index (χ2v) is 8.34. The quantitative estimate of drug-likeness (QED) is 0.367. The molecule has 6 heteroatoms. The molecule has 0 atom stereocenters. The van der Waals surface area contributed by atoms with E-state index in [2.05, 4.69) is 46.9 Å². The van der Waals surface area contributed by atoms with Gasteiger partial charge in [0.25, 0.3) is 0 Å². The van der Waals surface area contributed by atoms with Crippen molar-refractivity contribution in [1.29, 1.82) is 0 Å². The van der Waals surface area contributed by atoms with Crippen molar-refractivity contribution >= 4 is 14.0 Å². The van der Waals surface area contributed by atoms with Crippen molar-refractivity contribution < 1.29 is 0 Å². The van der Waals surface area contributed by atoms with Crippen LogP contribution in [-0.4, -0.2) is 85.6 Å². The molecule has 2 saturated heterocycles. The molecule has 0 bridgehead atoms. The summed E-state index contributed by atoms with van der Waals surface area (Å²) in [4.78, 5) is 10.9. The van der Waals surface area contributed by atoms with E-state index in [4.69, 9.17) is 0 Å². The Bertz CT molecular complexity index is 372. The van der Waals surface area contributed by atoms with Crippen LogP contribution in [0.4, 0.5) is 0 Å². The third-order valence-electron chi connectivity index (χ3n) is 6.44. The maximum Gasteiger partial charge on any atom is 0.310 e. The SMILES string of the molecule is CCCB1N(CC)CCN1CCCCCN1CCN(CCC)B1CCC. The van der Waals surface area contributed by atoms with Gasteiger partial charge in [0.1, 0.15) is 0 Å². The summed E-state index contributed by atoms with van der Waals surface area (Å²) in [6.45, 7) is 21.0. The number of likely N-dealkylation sites (N-methyl/N-ethyl adjacent to an activating group) is 1. The molecule has 26 heavy (non-hydrogen) atoms. The zero-order valence-electron chi connectivity index (χ0n) is 18.3. The molecular weight excluding hydrogens is 318 g/mol. The molecule has 0 aromatic rings. The van der Waals surface area contributed by atoms with Gasteiger partial charge in [-0.25, -0.2) is 0 Å². The van der Waals surface area contributed by atoms with Crippen LogP contribution in [-0.2, 0) is 0 Å². The average Bonchev–Trinajstić information content (AvgIpc) is 3.21. The number of rotatable bonds is 13. The predicted molar refractivity (Wildman–Crippen MR) is 118 cm³/mol. The van der Waals surface area contributed by atoms with Gasteiger partial charge in [0.15, 0.2) is 0 Å². The van der Waals surface area contributed by atoms with Gasteiger partial charge in [-0.1, -0.05) is 47.0 Å². The van der Waals surface area contributed by atoms with E-state index in [0.717, 1.165) is 14.0 Å². The van der Waals surface area contributed by atoms with Crippen molar-refractivity contribution in [3.05, 3.63) is 0 Å². The van der Waals surface area contributed by atoms with Gasteiger partial charge in [-0.3, -0.25) is 0 Å². The number of nitrogens with zero attached hydrogens (tertiary/aromatic N) is 4. The monoisotopic (exact) mass is 362 g/mol. The van der Waals surface area contributed by atoms with E-state index in [9.17, 15) is 0 Å². The van der Waals surface area contributed by atoms with E-state index in [1.54, 1.807) is 0 Å². The van der Waals surface area contributed by atoms with Crippen LogP contribution in [0.5, 0.6) is 0 Å². The Morgan fingerprint density at radius 2 is 1.00 bits per heavy atom. The normalized spacial score (nSPS) is 20.8. The molecule has 0 aliphatic carbocycles. The maximum atomic E-state index is 2.77. The fraction of sp³-hybridized carbons (Fsp3) is 1.00. The highest BCUT2D eigenvalue weighted by Gasteiger charge is 2.35. The van der Waals surface area contributed by atoms with Gasteiger partial charge in [0.2, 0.25) is 0 Å². The molecule has 2 aliphatic heterocycles. The lowest BCUT2D eigenvalue weighted by molar-refractivity contribution is 0.416.